The topological polar surface area (TPSA) is 90.9 Å². The highest BCUT2D eigenvalue weighted by Crippen LogP contribution is 2.23. The molecule has 142 valence electrons. The molecule has 1 N–H and O–H groups in total. The quantitative estimate of drug-likeness (QED) is 0.665. The van der Waals surface area contributed by atoms with Crippen LogP contribution in [0.1, 0.15) is 18.4 Å². The highest BCUT2D eigenvalue weighted by molar-refractivity contribution is 9.10. The van der Waals surface area contributed by atoms with E-state index >= 15 is 0 Å². The molecule has 0 radical (unpaired) electrons. The first-order valence-electron chi connectivity index (χ1n) is 8.46. The average Bonchev–Trinajstić information content (AvgIpc) is 3.04. The fraction of sp³-hybridized carbons (Fsp3) is 0.333. The number of aryl methyl sites for hydroxylation is 3. The lowest BCUT2D eigenvalue weighted by Gasteiger charge is -2.09. The molecule has 0 aliphatic carbocycles. The number of nitrogens with one attached hydrogen (secondary N) is 1. The molecule has 0 spiro atoms. The molecular weight excluding hydrogens is 414 g/mol. The molecule has 1 amide bonds. The van der Waals surface area contributed by atoms with Crippen molar-refractivity contribution >= 4 is 38.7 Å². The van der Waals surface area contributed by atoms with E-state index < -0.39 is 11.2 Å². The van der Waals surface area contributed by atoms with E-state index in [1.54, 1.807) is 11.6 Å². The first-order valence-corrected chi connectivity index (χ1v) is 9.25. The molecule has 9 heteroatoms. The van der Waals surface area contributed by atoms with Crippen LogP contribution in [0.15, 0.2) is 38.6 Å². The molecule has 0 unspecified atom stereocenters. The second-order valence-electron chi connectivity index (χ2n) is 6.45. The van der Waals surface area contributed by atoms with Gasteiger partial charge in [0.1, 0.15) is 0 Å². The summed E-state index contributed by atoms with van der Waals surface area (Å²) in [5.41, 5.74) is 1.72. The number of amides is 1. The number of hydrogen-bond acceptors (Lipinski definition) is 4. The van der Waals surface area contributed by atoms with Crippen molar-refractivity contribution in [1.82, 2.24) is 18.7 Å². The standard InChI is InChI=1S/C18H20BrN5O3/c1-11-6-7-13(12(19)9-11)21-14(25)5-4-8-24-10-20-16-15(24)17(26)23(3)18(27)22(16)2/h6-7,9-10H,4-5,8H2,1-3H3,(H,21,25). The summed E-state index contributed by atoms with van der Waals surface area (Å²) in [6.45, 7) is 2.43. The fourth-order valence-electron chi connectivity index (χ4n) is 2.91. The third kappa shape index (κ3) is 3.73. The van der Waals surface area contributed by atoms with E-state index in [0.717, 1.165) is 20.3 Å². The largest absolute Gasteiger partial charge is 0.332 e. The number of nitrogens with zero attached hydrogens (tertiary/aromatic N) is 4. The molecule has 2 heterocycles. The Morgan fingerprint density at radius 2 is 1.96 bits per heavy atom. The molecule has 0 fully saturated rings. The summed E-state index contributed by atoms with van der Waals surface area (Å²) in [7, 11) is 3.02. The summed E-state index contributed by atoms with van der Waals surface area (Å²) in [6.07, 6.45) is 2.36. The highest BCUT2D eigenvalue weighted by Gasteiger charge is 2.14. The molecule has 3 rings (SSSR count). The van der Waals surface area contributed by atoms with E-state index in [0.29, 0.717) is 30.6 Å². The molecule has 27 heavy (non-hydrogen) atoms. The Bertz CT molecular complexity index is 1140. The summed E-state index contributed by atoms with van der Waals surface area (Å²) in [4.78, 5) is 40.7. The first kappa shape index (κ1) is 19.1. The Morgan fingerprint density at radius 1 is 1.22 bits per heavy atom. The van der Waals surface area contributed by atoms with Crippen LogP contribution in [0, 0.1) is 6.92 Å². The number of fused-ring (bicyclic) bond motifs is 1. The SMILES string of the molecule is Cc1ccc(NC(=O)CCCn2cnc3c2c(=O)n(C)c(=O)n3C)c(Br)c1. The van der Waals surface area contributed by atoms with E-state index in [1.807, 2.05) is 25.1 Å². The van der Waals surface area contributed by atoms with E-state index in [1.165, 1.54) is 17.9 Å². The van der Waals surface area contributed by atoms with Crippen LogP contribution < -0.4 is 16.6 Å². The van der Waals surface area contributed by atoms with Crippen molar-refractivity contribution in [1.29, 1.82) is 0 Å². The average molecular weight is 434 g/mol. The minimum atomic E-state index is -0.416. The number of halogens is 1. The van der Waals surface area contributed by atoms with Gasteiger partial charge in [0, 0.05) is 31.5 Å². The molecule has 2 aromatic heterocycles. The zero-order chi connectivity index (χ0) is 19.7. The molecule has 1 aromatic carbocycles. The number of benzene rings is 1. The lowest BCUT2D eigenvalue weighted by Crippen LogP contribution is -2.37. The van der Waals surface area contributed by atoms with Gasteiger partial charge in [-0.25, -0.2) is 9.78 Å². The minimum Gasteiger partial charge on any atom is -0.325 e. The van der Waals surface area contributed by atoms with Crippen LogP contribution in [-0.2, 0) is 25.4 Å². The number of carbonyl (C=O) groups excluding carboxylic acids is 1. The third-order valence-corrected chi connectivity index (χ3v) is 5.07. The Balaban J connectivity index is 1.70. The number of anilines is 1. The van der Waals surface area contributed by atoms with Crippen LogP contribution >= 0.6 is 15.9 Å². The Hall–Kier alpha value is -2.68. The zero-order valence-corrected chi connectivity index (χ0v) is 16.9. The van der Waals surface area contributed by atoms with Crippen molar-refractivity contribution in [2.45, 2.75) is 26.3 Å². The van der Waals surface area contributed by atoms with Crippen LogP contribution in [0.4, 0.5) is 5.69 Å². The van der Waals surface area contributed by atoms with Gasteiger partial charge in [0.15, 0.2) is 11.2 Å². The summed E-state index contributed by atoms with van der Waals surface area (Å²) in [5.74, 6) is -0.107. The smallest absolute Gasteiger partial charge is 0.325 e. The predicted molar refractivity (Wildman–Crippen MR) is 107 cm³/mol. The number of rotatable bonds is 5. The van der Waals surface area contributed by atoms with Gasteiger partial charge in [-0.1, -0.05) is 6.07 Å². The summed E-state index contributed by atoms with van der Waals surface area (Å²) in [5, 5.41) is 2.87. The maximum atomic E-state index is 12.4. The van der Waals surface area contributed by atoms with Crippen LogP contribution in [0.25, 0.3) is 11.2 Å². The Labute approximate surface area is 163 Å². The zero-order valence-electron chi connectivity index (χ0n) is 15.3. The molecular formula is C18H20BrN5O3. The molecule has 8 nitrogen and oxygen atoms in total. The van der Waals surface area contributed by atoms with Gasteiger partial charge in [-0.15, -0.1) is 0 Å². The summed E-state index contributed by atoms with van der Waals surface area (Å²) in [6, 6.07) is 5.72. The van der Waals surface area contributed by atoms with E-state index in [9.17, 15) is 14.4 Å². The van der Waals surface area contributed by atoms with E-state index in [2.05, 4.69) is 26.2 Å². The Kier molecular flexibility index (Phi) is 5.31. The van der Waals surface area contributed by atoms with Crippen molar-refractivity contribution < 1.29 is 4.79 Å². The van der Waals surface area contributed by atoms with Gasteiger partial charge >= 0.3 is 5.69 Å². The lowest BCUT2D eigenvalue weighted by atomic mass is 10.2. The molecule has 0 aliphatic heterocycles. The van der Waals surface area contributed by atoms with Crippen molar-refractivity contribution in [3.05, 3.63) is 55.4 Å². The molecule has 0 atom stereocenters. The number of aromatic nitrogens is 4. The molecule has 0 bridgehead atoms. The maximum Gasteiger partial charge on any atom is 0.332 e. The predicted octanol–water partition coefficient (Wildman–Crippen LogP) is 1.92. The van der Waals surface area contributed by atoms with Crippen LogP contribution in [0.5, 0.6) is 0 Å². The number of imidazole rings is 1. The van der Waals surface area contributed by atoms with Crippen LogP contribution in [0.3, 0.4) is 0 Å². The third-order valence-electron chi connectivity index (χ3n) is 4.42. The van der Waals surface area contributed by atoms with Gasteiger partial charge in [0.25, 0.3) is 5.56 Å². The molecule has 0 aliphatic rings. The van der Waals surface area contributed by atoms with Crippen molar-refractivity contribution in [3.8, 4) is 0 Å². The first-order chi connectivity index (χ1) is 12.8. The van der Waals surface area contributed by atoms with E-state index in [4.69, 9.17) is 0 Å². The number of hydrogen-bond donors (Lipinski definition) is 1. The molecule has 0 saturated carbocycles. The molecule has 3 aromatic rings. The van der Waals surface area contributed by atoms with Crippen molar-refractivity contribution in [2.24, 2.45) is 14.1 Å². The second-order valence-corrected chi connectivity index (χ2v) is 7.31. The second kappa shape index (κ2) is 7.51. The normalized spacial score (nSPS) is 11.1. The van der Waals surface area contributed by atoms with Crippen LogP contribution in [-0.4, -0.2) is 24.6 Å². The monoisotopic (exact) mass is 433 g/mol. The number of carbonyl (C=O) groups is 1. The lowest BCUT2D eigenvalue weighted by molar-refractivity contribution is -0.116. The fourth-order valence-corrected chi connectivity index (χ4v) is 3.50. The van der Waals surface area contributed by atoms with Gasteiger partial charge in [-0.3, -0.25) is 18.7 Å². The Morgan fingerprint density at radius 3 is 2.67 bits per heavy atom. The van der Waals surface area contributed by atoms with Gasteiger partial charge in [-0.05, 0) is 47.0 Å². The van der Waals surface area contributed by atoms with Gasteiger partial charge in [0.05, 0.1) is 12.0 Å². The van der Waals surface area contributed by atoms with Gasteiger partial charge in [0.2, 0.25) is 5.91 Å². The summed E-state index contributed by atoms with van der Waals surface area (Å²) >= 11 is 3.44. The van der Waals surface area contributed by atoms with Gasteiger partial charge in [-0.2, -0.15) is 0 Å². The van der Waals surface area contributed by atoms with Crippen molar-refractivity contribution in [2.75, 3.05) is 5.32 Å². The van der Waals surface area contributed by atoms with E-state index in [-0.39, 0.29) is 5.91 Å². The van der Waals surface area contributed by atoms with Crippen molar-refractivity contribution in [3.63, 3.8) is 0 Å². The minimum absolute atomic E-state index is 0.107. The maximum absolute atomic E-state index is 12.4. The summed E-state index contributed by atoms with van der Waals surface area (Å²) < 4.78 is 4.92. The van der Waals surface area contributed by atoms with Crippen LogP contribution in [0.2, 0.25) is 0 Å². The molecule has 0 saturated heterocycles. The van der Waals surface area contributed by atoms with Gasteiger partial charge < -0.3 is 9.88 Å². The highest BCUT2D eigenvalue weighted by atomic mass is 79.9.